The maximum absolute atomic E-state index is 14.1. The number of hydrogen-bond acceptors (Lipinski definition) is 12. The number of carbonyl (C=O) groups excluding carboxylic acids is 5. The number of unbranched alkanes of at least 4 members (excludes halogenated alkanes) is 1. The minimum Gasteiger partial charge on any atom is -0.508 e. The van der Waals surface area contributed by atoms with E-state index < -0.39 is 29.5 Å². The lowest BCUT2D eigenvalue weighted by atomic mass is 9.85. The Morgan fingerprint density at radius 1 is 0.811 bits per heavy atom. The summed E-state index contributed by atoms with van der Waals surface area (Å²) >= 11 is 2.95. The van der Waals surface area contributed by atoms with Crippen molar-refractivity contribution >= 4 is 62.2 Å². The van der Waals surface area contributed by atoms with Gasteiger partial charge in [0.25, 0.3) is 5.91 Å². The first-order valence-corrected chi connectivity index (χ1v) is 26.4. The fourth-order valence-electron chi connectivity index (χ4n) is 9.05. The first-order valence-electron chi connectivity index (χ1n) is 24.7. The summed E-state index contributed by atoms with van der Waals surface area (Å²) in [5.41, 5.74) is 7.09. The molecule has 0 radical (unpaired) electrons. The fraction of sp³-hybridized carbons (Fsp3) is 0.310. The third-order valence-electron chi connectivity index (χ3n) is 13.2. The molecule has 0 bridgehead atoms. The number of thiazole rings is 1. The van der Waals surface area contributed by atoms with Gasteiger partial charge in [0.2, 0.25) is 17.7 Å². The minimum absolute atomic E-state index is 0.0109. The number of phenols is 2. The van der Waals surface area contributed by atoms with Crippen molar-refractivity contribution in [3.63, 3.8) is 0 Å². The van der Waals surface area contributed by atoms with Gasteiger partial charge < -0.3 is 40.9 Å². The van der Waals surface area contributed by atoms with E-state index >= 15 is 0 Å². The molecule has 0 spiro atoms. The van der Waals surface area contributed by atoms with Crippen molar-refractivity contribution in [3.8, 4) is 38.1 Å². The number of nitrogens with one attached hydrogen (secondary N) is 3. The second kappa shape index (κ2) is 23.2. The number of aromatic nitrogens is 1. The smallest absolute Gasteiger partial charge is 0.251 e. The predicted molar refractivity (Wildman–Crippen MR) is 289 cm³/mol. The Morgan fingerprint density at radius 2 is 1.47 bits per heavy atom. The van der Waals surface area contributed by atoms with Crippen LogP contribution >= 0.6 is 22.7 Å². The van der Waals surface area contributed by atoms with Crippen molar-refractivity contribution in [1.82, 2.24) is 25.8 Å². The zero-order chi connectivity index (χ0) is 52.7. The maximum Gasteiger partial charge on any atom is 0.251 e. The van der Waals surface area contributed by atoms with E-state index in [1.807, 2.05) is 88.7 Å². The first kappa shape index (κ1) is 52.9. The van der Waals surface area contributed by atoms with E-state index in [1.54, 1.807) is 78.1 Å². The molecule has 1 fully saturated rings. The standard InChI is InChI=1S/C58H61N5O9S2/c1-34(37-11-15-39(16-12-37)52-35(2)60-33-73-52)61-56(70)47-30-44(66)32-63(47)57(71)54(58(3,4)5)62-49(67)8-6-7-29-72-45-24-9-36(10-25-45)27-28-59-55(69)41-17-13-38(14-18-41)51(68)50-46-26-23-43(65)31-48(46)74-53(50)40-19-21-42(64)22-20-40/h9-26,31,33-34,44,47,54,64-66H,6-8,27-30,32H2,1-5H3,(H,59,69)(H,61,70)(H,62,67)/t34-,44+,47?,54+/m0/s1. The number of aliphatic hydroxyl groups excluding tert-OH is 1. The van der Waals surface area contributed by atoms with Crippen molar-refractivity contribution in [2.75, 3.05) is 19.7 Å². The molecule has 3 heterocycles. The van der Waals surface area contributed by atoms with Gasteiger partial charge >= 0.3 is 0 Å². The molecule has 2 aromatic heterocycles. The summed E-state index contributed by atoms with van der Waals surface area (Å²) in [6.07, 6.45) is 1.07. The molecule has 4 amide bonds. The number of β-amino-alcohol motifs (C(OH)–C–C–N with tert-alkyl or cyclic N) is 1. The molecule has 74 heavy (non-hydrogen) atoms. The van der Waals surface area contributed by atoms with Crippen LogP contribution in [0.15, 0.2) is 121 Å². The van der Waals surface area contributed by atoms with Gasteiger partial charge in [-0.15, -0.1) is 22.7 Å². The number of amides is 4. The van der Waals surface area contributed by atoms with Crippen LogP contribution in [0.4, 0.5) is 0 Å². The van der Waals surface area contributed by atoms with E-state index in [9.17, 15) is 39.3 Å². The Balaban J connectivity index is 0.758. The molecule has 4 atom stereocenters. The lowest BCUT2D eigenvalue weighted by molar-refractivity contribution is -0.144. The second-order valence-corrected chi connectivity index (χ2v) is 21.7. The zero-order valence-corrected chi connectivity index (χ0v) is 43.6. The van der Waals surface area contributed by atoms with Crippen molar-refractivity contribution in [1.29, 1.82) is 0 Å². The quantitative estimate of drug-likeness (QED) is 0.0334. The Bertz CT molecular complexity index is 3130. The molecule has 0 saturated carbocycles. The monoisotopic (exact) mass is 1040 g/mol. The number of rotatable bonds is 19. The van der Waals surface area contributed by atoms with Gasteiger partial charge in [0.1, 0.15) is 29.3 Å². The summed E-state index contributed by atoms with van der Waals surface area (Å²) in [5, 5.41) is 40.2. The highest BCUT2D eigenvalue weighted by atomic mass is 32.1. The summed E-state index contributed by atoms with van der Waals surface area (Å²) < 4.78 is 6.70. The highest BCUT2D eigenvalue weighted by Crippen LogP contribution is 2.41. The number of nitrogens with zero attached hydrogens (tertiary/aromatic N) is 2. The SMILES string of the molecule is Cc1ncsc1-c1ccc([C@H](C)NC(=O)C2C[C@@H](O)CN2C(=O)[C@@H](NC(=O)CCCCOc2ccc(CCNC(=O)c3ccc(C(=O)c4c(-c5ccc(O)cc5)sc5cc(O)ccc45)cc3)cc2)C(C)(C)C)cc1. The van der Waals surface area contributed by atoms with E-state index in [-0.39, 0.29) is 60.4 Å². The summed E-state index contributed by atoms with van der Waals surface area (Å²) in [4.78, 5) is 75.7. The van der Waals surface area contributed by atoms with Crippen LogP contribution in [0.5, 0.6) is 17.2 Å². The van der Waals surface area contributed by atoms with E-state index in [1.165, 1.54) is 16.2 Å². The number of ether oxygens (including phenoxy) is 1. The van der Waals surface area contributed by atoms with Crippen molar-refractivity contribution in [2.45, 2.75) is 91.0 Å². The molecule has 16 heteroatoms. The number of hydrogen-bond donors (Lipinski definition) is 6. The van der Waals surface area contributed by atoms with Gasteiger partial charge in [0, 0.05) is 57.6 Å². The van der Waals surface area contributed by atoms with Gasteiger partial charge in [0.05, 0.1) is 34.8 Å². The number of carbonyl (C=O) groups is 5. The summed E-state index contributed by atoms with van der Waals surface area (Å²) in [7, 11) is 0. The number of thiophene rings is 1. The summed E-state index contributed by atoms with van der Waals surface area (Å²) in [5.74, 6) is -0.692. The van der Waals surface area contributed by atoms with E-state index in [0.29, 0.717) is 65.1 Å². The second-order valence-electron chi connectivity index (χ2n) is 19.8. The molecule has 7 aromatic rings. The number of aromatic hydroxyl groups is 2. The van der Waals surface area contributed by atoms with E-state index in [2.05, 4.69) is 20.9 Å². The molecule has 1 aliphatic rings. The lowest BCUT2D eigenvalue weighted by Crippen LogP contribution is -2.57. The molecule has 5 aromatic carbocycles. The maximum atomic E-state index is 14.1. The Labute approximate surface area is 438 Å². The average molecular weight is 1040 g/mol. The molecule has 0 aliphatic carbocycles. The molecule has 384 valence electrons. The third kappa shape index (κ3) is 12.7. The molecule has 1 aliphatic heterocycles. The van der Waals surface area contributed by atoms with Gasteiger partial charge in [-0.2, -0.15) is 0 Å². The molecular formula is C58H61N5O9S2. The van der Waals surface area contributed by atoms with Crippen LogP contribution in [0.2, 0.25) is 0 Å². The Kier molecular flexibility index (Phi) is 16.6. The highest BCUT2D eigenvalue weighted by molar-refractivity contribution is 7.22. The largest absolute Gasteiger partial charge is 0.508 e. The lowest BCUT2D eigenvalue weighted by Gasteiger charge is -2.35. The Morgan fingerprint density at radius 3 is 2.15 bits per heavy atom. The normalized spacial score (nSPS) is 15.4. The van der Waals surface area contributed by atoms with Gasteiger partial charge in [-0.25, -0.2) is 4.98 Å². The van der Waals surface area contributed by atoms with Crippen LogP contribution in [0.3, 0.4) is 0 Å². The van der Waals surface area contributed by atoms with Crippen molar-refractivity contribution < 1.29 is 44.0 Å². The number of aliphatic hydroxyl groups is 1. The first-order chi connectivity index (χ1) is 35.4. The van der Waals surface area contributed by atoms with Crippen molar-refractivity contribution in [2.24, 2.45) is 5.41 Å². The van der Waals surface area contributed by atoms with Crippen LogP contribution in [0, 0.1) is 12.3 Å². The van der Waals surface area contributed by atoms with Gasteiger partial charge in [0.15, 0.2) is 5.78 Å². The molecule has 1 saturated heterocycles. The number of phenolic OH excluding ortho intramolecular Hbond substituents is 2. The summed E-state index contributed by atoms with van der Waals surface area (Å²) in [6.45, 7) is 10.2. The predicted octanol–water partition coefficient (Wildman–Crippen LogP) is 9.53. The summed E-state index contributed by atoms with van der Waals surface area (Å²) in [6, 6.07) is 31.4. The van der Waals surface area contributed by atoms with Crippen LogP contribution in [-0.4, -0.2) is 92.5 Å². The zero-order valence-electron chi connectivity index (χ0n) is 42.0. The Hall–Kier alpha value is -7.40. The molecule has 6 N–H and O–H groups in total. The van der Waals surface area contributed by atoms with Crippen LogP contribution in [0.1, 0.15) is 103 Å². The topological polar surface area (TPSA) is 207 Å². The number of ketones is 1. The van der Waals surface area contributed by atoms with Gasteiger partial charge in [-0.1, -0.05) is 69.3 Å². The fourth-order valence-corrected chi connectivity index (χ4v) is 11.1. The van der Waals surface area contributed by atoms with Gasteiger partial charge in [-0.05, 0) is 128 Å². The number of fused-ring (bicyclic) bond motifs is 1. The minimum atomic E-state index is -0.923. The van der Waals surface area contributed by atoms with Crippen LogP contribution < -0.4 is 20.7 Å². The van der Waals surface area contributed by atoms with Crippen LogP contribution in [-0.2, 0) is 20.8 Å². The molecule has 8 rings (SSSR count). The number of likely N-dealkylation sites (tertiary alicyclic amines) is 1. The third-order valence-corrected chi connectivity index (χ3v) is 15.4. The molecule has 1 unspecified atom stereocenters. The number of benzene rings is 5. The van der Waals surface area contributed by atoms with Crippen LogP contribution in [0.25, 0.3) is 31.0 Å². The number of aryl methyl sites for hydroxylation is 1. The van der Waals surface area contributed by atoms with E-state index in [0.717, 1.165) is 37.5 Å². The molecule has 14 nitrogen and oxygen atoms in total. The van der Waals surface area contributed by atoms with E-state index in [4.69, 9.17) is 4.74 Å². The highest BCUT2D eigenvalue weighted by Gasteiger charge is 2.44. The van der Waals surface area contributed by atoms with Crippen molar-refractivity contribution in [3.05, 3.63) is 154 Å². The molecular weight excluding hydrogens is 975 g/mol. The average Bonchev–Trinajstić information content (AvgIpc) is 4.12. The van der Waals surface area contributed by atoms with Gasteiger partial charge in [-0.3, -0.25) is 24.0 Å².